The lowest BCUT2D eigenvalue weighted by Crippen LogP contribution is -1.99. The number of rotatable bonds is 1. The molecule has 0 spiro atoms. The second-order valence-corrected chi connectivity index (χ2v) is 3.33. The third-order valence-electron chi connectivity index (χ3n) is 2.31. The van der Waals surface area contributed by atoms with Crippen LogP contribution in [-0.2, 0) is 6.42 Å². The molecule has 1 heteroatoms. The highest BCUT2D eigenvalue weighted by atomic mass is 35.5. The van der Waals surface area contributed by atoms with Crippen LogP contribution in [0.4, 0.5) is 0 Å². The lowest BCUT2D eigenvalue weighted by molar-refractivity contribution is 0.976. The van der Waals surface area contributed by atoms with Gasteiger partial charge in [0.15, 0.2) is 0 Å². The van der Waals surface area contributed by atoms with Gasteiger partial charge in [0.1, 0.15) is 0 Å². The molecule has 0 saturated carbocycles. The van der Waals surface area contributed by atoms with Crippen molar-refractivity contribution in [1.82, 2.24) is 0 Å². The van der Waals surface area contributed by atoms with Crippen LogP contribution < -0.4 is 0 Å². The molecule has 2 rings (SSSR count). The molecule has 0 fully saturated rings. The number of fused-ring (bicyclic) bond motifs is 1. The molecular formula is C11H11Cl. The highest BCUT2D eigenvalue weighted by Crippen LogP contribution is 2.26. The van der Waals surface area contributed by atoms with Crippen molar-refractivity contribution in [2.45, 2.75) is 12.8 Å². The van der Waals surface area contributed by atoms with E-state index in [-0.39, 0.29) is 0 Å². The molecule has 0 aliphatic heterocycles. The van der Waals surface area contributed by atoms with E-state index in [9.17, 15) is 0 Å². The Bertz CT molecular complexity index is 313. The fourth-order valence-corrected chi connectivity index (χ4v) is 1.94. The maximum atomic E-state index is 5.84. The average Bonchev–Trinajstić information content (AvgIpc) is 2.17. The van der Waals surface area contributed by atoms with Crippen LogP contribution in [0.3, 0.4) is 0 Å². The molecule has 0 radical (unpaired) electrons. The maximum absolute atomic E-state index is 5.84. The minimum Gasteiger partial charge on any atom is -0.122 e. The molecule has 0 bridgehead atoms. The van der Waals surface area contributed by atoms with Crippen LogP contribution in [0.1, 0.15) is 17.5 Å². The van der Waals surface area contributed by atoms with E-state index in [4.69, 9.17) is 11.6 Å². The van der Waals surface area contributed by atoms with Gasteiger partial charge in [-0.2, -0.15) is 0 Å². The van der Waals surface area contributed by atoms with Gasteiger partial charge in [0.05, 0.1) is 0 Å². The summed E-state index contributed by atoms with van der Waals surface area (Å²) in [4.78, 5) is 0. The van der Waals surface area contributed by atoms with Crippen molar-refractivity contribution in [2.24, 2.45) is 0 Å². The molecule has 0 atom stereocenters. The first-order chi connectivity index (χ1) is 5.92. The largest absolute Gasteiger partial charge is 0.122 e. The molecule has 62 valence electrons. The number of allylic oxidation sites excluding steroid dienone is 2. The van der Waals surface area contributed by atoms with E-state index in [0.29, 0.717) is 5.88 Å². The summed E-state index contributed by atoms with van der Waals surface area (Å²) in [6.07, 6.45) is 4.55. The Balaban J connectivity index is 2.48. The third kappa shape index (κ3) is 1.27. The quantitative estimate of drug-likeness (QED) is 0.580. The van der Waals surface area contributed by atoms with Gasteiger partial charge in [0, 0.05) is 5.88 Å². The van der Waals surface area contributed by atoms with Crippen LogP contribution in [0.25, 0.3) is 5.57 Å². The van der Waals surface area contributed by atoms with E-state index in [0.717, 1.165) is 12.8 Å². The topological polar surface area (TPSA) is 0 Å². The molecule has 0 nitrogen and oxygen atoms in total. The van der Waals surface area contributed by atoms with E-state index in [2.05, 4.69) is 30.3 Å². The predicted octanol–water partition coefficient (Wildman–Crippen LogP) is 3.26. The summed E-state index contributed by atoms with van der Waals surface area (Å²) >= 11 is 5.84. The molecule has 0 saturated heterocycles. The second kappa shape index (κ2) is 3.32. The number of halogens is 1. The van der Waals surface area contributed by atoms with Crippen LogP contribution in [0.5, 0.6) is 0 Å². The van der Waals surface area contributed by atoms with Crippen molar-refractivity contribution in [1.29, 1.82) is 0 Å². The maximum Gasteiger partial charge on any atom is 0.0476 e. The first-order valence-corrected chi connectivity index (χ1v) is 4.78. The summed E-state index contributed by atoms with van der Waals surface area (Å²) in [7, 11) is 0. The van der Waals surface area contributed by atoms with Gasteiger partial charge in [-0.25, -0.2) is 0 Å². The van der Waals surface area contributed by atoms with E-state index >= 15 is 0 Å². The molecule has 1 aliphatic carbocycles. The number of aryl methyl sites for hydroxylation is 1. The van der Waals surface area contributed by atoms with Gasteiger partial charge >= 0.3 is 0 Å². The van der Waals surface area contributed by atoms with Gasteiger partial charge in [-0.15, -0.1) is 11.6 Å². The number of hydrogen-bond acceptors (Lipinski definition) is 0. The Hall–Kier alpha value is -0.750. The minimum atomic E-state index is 0.636. The van der Waals surface area contributed by atoms with Crippen molar-refractivity contribution in [3.05, 3.63) is 41.5 Å². The summed E-state index contributed by atoms with van der Waals surface area (Å²) in [5.41, 5.74) is 4.08. The van der Waals surface area contributed by atoms with Crippen molar-refractivity contribution in [3.63, 3.8) is 0 Å². The first kappa shape index (κ1) is 7.88. The Morgan fingerprint density at radius 3 is 2.92 bits per heavy atom. The Labute approximate surface area is 77.9 Å². The number of hydrogen-bond donors (Lipinski definition) is 0. The van der Waals surface area contributed by atoms with Crippen LogP contribution in [0.15, 0.2) is 30.3 Å². The lowest BCUT2D eigenvalue weighted by atomic mass is 9.92. The predicted molar refractivity (Wildman–Crippen MR) is 53.5 cm³/mol. The van der Waals surface area contributed by atoms with E-state index in [1.54, 1.807) is 0 Å². The molecule has 12 heavy (non-hydrogen) atoms. The zero-order chi connectivity index (χ0) is 8.39. The molecule has 1 aromatic carbocycles. The minimum absolute atomic E-state index is 0.636. The van der Waals surface area contributed by atoms with Gasteiger partial charge in [-0.3, -0.25) is 0 Å². The van der Waals surface area contributed by atoms with Crippen molar-refractivity contribution >= 4 is 17.2 Å². The highest BCUT2D eigenvalue weighted by molar-refractivity contribution is 6.23. The van der Waals surface area contributed by atoms with Crippen LogP contribution in [0, 0.1) is 0 Å². The highest BCUT2D eigenvalue weighted by Gasteiger charge is 2.09. The van der Waals surface area contributed by atoms with E-state index in [1.165, 1.54) is 16.7 Å². The zero-order valence-corrected chi connectivity index (χ0v) is 7.64. The summed E-state index contributed by atoms with van der Waals surface area (Å²) < 4.78 is 0. The zero-order valence-electron chi connectivity index (χ0n) is 6.89. The van der Waals surface area contributed by atoms with Gasteiger partial charge in [-0.1, -0.05) is 30.3 Å². The molecular weight excluding hydrogens is 168 g/mol. The normalized spacial score (nSPS) is 15.2. The SMILES string of the molecule is ClCC1=CCCc2ccccc21. The van der Waals surface area contributed by atoms with Gasteiger partial charge in [-0.05, 0) is 29.5 Å². The van der Waals surface area contributed by atoms with E-state index < -0.39 is 0 Å². The van der Waals surface area contributed by atoms with Crippen LogP contribution >= 0.6 is 11.6 Å². The molecule has 0 N–H and O–H groups in total. The fourth-order valence-electron chi connectivity index (χ4n) is 1.69. The summed E-state index contributed by atoms with van der Waals surface area (Å²) in [5.74, 6) is 0.636. The monoisotopic (exact) mass is 178 g/mol. The summed E-state index contributed by atoms with van der Waals surface area (Å²) in [5, 5.41) is 0. The van der Waals surface area contributed by atoms with Gasteiger partial charge in [0.2, 0.25) is 0 Å². The molecule has 0 heterocycles. The van der Waals surface area contributed by atoms with Crippen LogP contribution in [0.2, 0.25) is 0 Å². The van der Waals surface area contributed by atoms with Crippen molar-refractivity contribution in [3.8, 4) is 0 Å². The molecule has 0 aromatic heterocycles. The summed E-state index contributed by atoms with van der Waals surface area (Å²) in [6, 6.07) is 8.51. The lowest BCUT2D eigenvalue weighted by Gasteiger charge is -2.15. The molecule has 1 aromatic rings. The Morgan fingerprint density at radius 1 is 1.25 bits per heavy atom. The smallest absolute Gasteiger partial charge is 0.0476 e. The Kier molecular flexibility index (Phi) is 2.18. The standard InChI is InChI=1S/C11H11Cl/c12-8-10-6-3-5-9-4-1-2-7-11(9)10/h1-2,4,6-7H,3,5,8H2. The van der Waals surface area contributed by atoms with Crippen LogP contribution in [-0.4, -0.2) is 5.88 Å². The average molecular weight is 179 g/mol. The third-order valence-corrected chi connectivity index (χ3v) is 2.60. The summed E-state index contributed by atoms with van der Waals surface area (Å²) in [6.45, 7) is 0. The fraction of sp³-hybridized carbons (Fsp3) is 0.273. The first-order valence-electron chi connectivity index (χ1n) is 4.25. The van der Waals surface area contributed by atoms with Crippen molar-refractivity contribution < 1.29 is 0 Å². The van der Waals surface area contributed by atoms with Crippen molar-refractivity contribution in [2.75, 3.05) is 5.88 Å². The molecule has 1 aliphatic rings. The number of alkyl halides is 1. The number of benzene rings is 1. The molecule has 0 amide bonds. The second-order valence-electron chi connectivity index (χ2n) is 3.06. The molecule has 0 unspecified atom stereocenters. The van der Waals surface area contributed by atoms with Gasteiger partial charge in [0.25, 0.3) is 0 Å². The van der Waals surface area contributed by atoms with Gasteiger partial charge < -0.3 is 0 Å². The van der Waals surface area contributed by atoms with E-state index in [1.807, 2.05) is 0 Å². The Morgan fingerprint density at radius 2 is 2.08 bits per heavy atom.